The van der Waals surface area contributed by atoms with Crippen molar-refractivity contribution in [2.24, 2.45) is 0 Å². The van der Waals surface area contributed by atoms with Crippen LogP contribution in [0.3, 0.4) is 0 Å². The molecule has 0 aliphatic carbocycles. The lowest BCUT2D eigenvalue weighted by atomic mass is 10.0. The highest BCUT2D eigenvalue weighted by Gasteiger charge is 2.15. The highest BCUT2D eigenvalue weighted by Crippen LogP contribution is 2.31. The second-order valence-corrected chi connectivity index (χ2v) is 8.17. The smallest absolute Gasteiger partial charge is 0.220 e. The van der Waals surface area contributed by atoms with Gasteiger partial charge in [-0.15, -0.1) is 0 Å². The SMILES string of the molecule is O=C(CCc1c(-c2ccc(F)cc2)[nH]c2ccccc12)NCc1ccccc1Cn1cncn1. The van der Waals surface area contributed by atoms with E-state index in [1.807, 2.05) is 48.5 Å². The Morgan fingerprint density at radius 2 is 1.74 bits per heavy atom. The van der Waals surface area contributed by atoms with Gasteiger partial charge in [0.05, 0.1) is 6.54 Å². The summed E-state index contributed by atoms with van der Waals surface area (Å²) >= 11 is 0. The van der Waals surface area contributed by atoms with E-state index >= 15 is 0 Å². The molecule has 6 nitrogen and oxygen atoms in total. The molecule has 0 saturated heterocycles. The fraction of sp³-hybridized carbons (Fsp3) is 0.148. The van der Waals surface area contributed by atoms with Crippen LogP contribution in [0.15, 0.2) is 85.5 Å². The zero-order valence-corrected chi connectivity index (χ0v) is 18.5. The predicted octanol–water partition coefficient (Wildman–Crippen LogP) is 4.86. The van der Waals surface area contributed by atoms with Crippen molar-refractivity contribution in [2.45, 2.75) is 25.9 Å². The third kappa shape index (κ3) is 4.73. The molecule has 0 saturated carbocycles. The van der Waals surface area contributed by atoms with E-state index in [9.17, 15) is 9.18 Å². The van der Waals surface area contributed by atoms with Gasteiger partial charge >= 0.3 is 0 Å². The number of aryl methyl sites for hydroxylation is 1. The zero-order valence-electron chi connectivity index (χ0n) is 18.5. The van der Waals surface area contributed by atoms with Gasteiger partial charge in [0, 0.05) is 29.6 Å². The first-order chi connectivity index (χ1) is 16.7. The Hall–Kier alpha value is -4.26. The van der Waals surface area contributed by atoms with Gasteiger partial charge < -0.3 is 10.3 Å². The number of benzene rings is 3. The molecule has 0 unspecified atom stereocenters. The van der Waals surface area contributed by atoms with E-state index in [1.54, 1.807) is 23.1 Å². The van der Waals surface area contributed by atoms with Crippen LogP contribution in [0.4, 0.5) is 4.39 Å². The van der Waals surface area contributed by atoms with E-state index in [4.69, 9.17) is 0 Å². The lowest BCUT2D eigenvalue weighted by Crippen LogP contribution is -2.24. The molecule has 5 rings (SSSR count). The number of amides is 1. The molecule has 2 heterocycles. The highest BCUT2D eigenvalue weighted by molar-refractivity contribution is 5.91. The summed E-state index contributed by atoms with van der Waals surface area (Å²) in [6.07, 6.45) is 4.11. The Morgan fingerprint density at radius 3 is 2.53 bits per heavy atom. The van der Waals surface area contributed by atoms with Crippen LogP contribution < -0.4 is 5.32 Å². The van der Waals surface area contributed by atoms with E-state index in [2.05, 4.69) is 20.4 Å². The summed E-state index contributed by atoms with van der Waals surface area (Å²) in [5, 5.41) is 8.29. The number of aromatic nitrogens is 4. The lowest BCUT2D eigenvalue weighted by Gasteiger charge is -2.11. The highest BCUT2D eigenvalue weighted by atomic mass is 19.1. The van der Waals surface area contributed by atoms with E-state index in [1.165, 1.54) is 18.5 Å². The van der Waals surface area contributed by atoms with Crippen molar-refractivity contribution in [3.63, 3.8) is 0 Å². The molecule has 0 fully saturated rings. The molecule has 0 aliphatic rings. The molecule has 0 aliphatic heterocycles. The molecular weight excluding hydrogens is 429 g/mol. The molecule has 34 heavy (non-hydrogen) atoms. The average molecular weight is 454 g/mol. The molecule has 3 aromatic carbocycles. The summed E-state index contributed by atoms with van der Waals surface area (Å²) in [6.45, 7) is 1.05. The molecule has 170 valence electrons. The Morgan fingerprint density at radius 1 is 0.971 bits per heavy atom. The van der Waals surface area contributed by atoms with Crippen molar-refractivity contribution in [1.82, 2.24) is 25.1 Å². The molecule has 0 atom stereocenters. The summed E-state index contributed by atoms with van der Waals surface area (Å²) in [5.41, 5.74) is 6.01. The standard InChI is InChI=1S/C27H24FN5O/c28-22-11-9-19(10-12-22)27-24(23-7-3-4-8-25(23)32-27)13-14-26(34)30-15-20-5-1-2-6-21(20)16-33-18-29-17-31-33/h1-12,17-18,32H,13-16H2,(H,30,34). The Kier molecular flexibility index (Phi) is 6.16. The summed E-state index contributed by atoms with van der Waals surface area (Å²) in [7, 11) is 0. The maximum atomic E-state index is 13.4. The van der Waals surface area contributed by atoms with Crippen LogP contribution in [0, 0.1) is 5.82 Å². The normalized spacial score (nSPS) is 11.1. The molecule has 0 bridgehead atoms. The van der Waals surface area contributed by atoms with Crippen molar-refractivity contribution in [2.75, 3.05) is 0 Å². The van der Waals surface area contributed by atoms with Gasteiger partial charge in [-0.3, -0.25) is 4.79 Å². The molecule has 2 aromatic heterocycles. The van der Waals surface area contributed by atoms with Crippen LogP contribution in [-0.4, -0.2) is 25.7 Å². The first kappa shape index (κ1) is 21.6. The van der Waals surface area contributed by atoms with Crippen molar-refractivity contribution in [3.8, 4) is 11.3 Å². The first-order valence-corrected chi connectivity index (χ1v) is 11.2. The van der Waals surface area contributed by atoms with E-state index in [-0.39, 0.29) is 11.7 Å². The Balaban J connectivity index is 1.29. The quantitative estimate of drug-likeness (QED) is 0.352. The molecular formula is C27H24FN5O. The number of nitrogens with one attached hydrogen (secondary N) is 2. The molecule has 0 spiro atoms. The maximum Gasteiger partial charge on any atom is 0.220 e. The van der Waals surface area contributed by atoms with Crippen LogP contribution in [0.5, 0.6) is 0 Å². The van der Waals surface area contributed by atoms with Gasteiger partial charge in [0.2, 0.25) is 5.91 Å². The fourth-order valence-corrected chi connectivity index (χ4v) is 4.22. The second-order valence-electron chi connectivity index (χ2n) is 8.17. The average Bonchev–Trinajstić information content (AvgIpc) is 3.50. The van der Waals surface area contributed by atoms with Crippen molar-refractivity contribution in [3.05, 3.63) is 108 Å². The predicted molar refractivity (Wildman–Crippen MR) is 129 cm³/mol. The minimum absolute atomic E-state index is 0.0223. The van der Waals surface area contributed by atoms with Crippen LogP contribution in [0.25, 0.3) is 22.2 Å². The zero-order chi connectivity index (χ0) is 23.3. The third-order valence-electron chi connectivity index (χ3n) is 5.94. The van der Waals surface area contributed by atoms with Crippen LogP contribution >= 0.6 is 0 Å². The largest absolute Gasteiger partial charge is 0.354 e. The van der Waals surface area contributed by atoms with Crippen LogP contribution in [-0.2, 0) is 24.3 Å². The van der Waals surface area contributed by atoms with E-state index < -0.39 is 0 Å². The van der Waals surface area contributed by atoms with Crippen molar-refractivity contribution >= 4 is 16.8 Å². The summed E-state index contributed by atoms with van der Waals surface area (Å²) in [4.78, 5) is 20.2. The second kappa shape index (κ2) is 9.70. The number of hydrogen-bond donors (Lipinski definition) is 2. The maximum absolute atomic E-state index is 13.4. The monoisotopic (exact) mass is 453 g/mol. The van der Waals surface area contributed by atoms with Gasteiger partial charge in [-0.2, -0.15) is 5.10 Å². The number of hydrogen-bond acceptors (Lipinski definition) is 3. The molecule has 7 heteroatoms. The van der Waals surface area contributed by atoms with Gasteiger partial charge in [-0.05, 0) is 59.0 Å². The Labute approximate surface area is 196 Å². The molecule has 1 amide bonds. The number of fused-ring (bicyclic) bond motifs is 1. The van der Waals surface area contributed by atoms with Gasteiger partial charge in [-0.25, -0.2) is 14.1 Å². The van der Waals surface area contributed by atoms with Gasteiger partial charge in [0.15, 0.2) is 0 Å². The minimum Gasteiger partial charge on any atom is -0.354 e. The first-order valence-electron chi connectivity index (χ1n) is 11.2. The number of para-hydroxylation sites is 1. The summed E-state index contributed by atoms with van der Waals surface area (Å²) < 4.78 is 15.2. The fourth-order valence-electron chi connectivity index (χ4n) is 4.22. The van der Waals surface area contributed by atoms with Crippen LogP contribution in [0.2, 0.25) is 0 Å². The summed E-state index contributed by atoms with van der Waals surface area (Å²) in [5.74, 6) is -0.296. The number of H-pyrrole nitrogens is 1. The number of halogens is 1. The molecule has 0 radical (unpaired) electrons. The number of aromatic amines is 1. The van der Waals surface area contributed by atoms with Crippen molar-refractivity contribution in [1.29, 1.82) is 0 Å². The number of nitrogens with zero attached hydrogens (tertiary/aromatic N) is 3. The minimum atomic E-state index is -0.273. The lowest BCUT2D eigenvalue weighted by molar-refractivity contribution is -0.121. The van der Waals surface area contributed by atoms with Crippen molar-refractivity contribution < 1.29 is 9.18 Å². The van der Waals surface area contributed by atoms with Gasteiger partial charge in [0.25, 0.3) is 0 Å². The number of carbonyl (C=O) groups is 1. The van der Waals surface area contributed by atoms with Gasteiger partial charge in [-0.1, -0.05) is 42.5 Å². The number of rotatable bonds is 8. The van der Waals surface area contributed by atoms with Gasteiger partial charge in [0.1, 0.15) is 18.5 Å². The van der Waals surface area contributed by atoms with Crippen LogP contribution in [0.1, 0.15) is 23.1 Å². The Bertz CT molecular complexity index is 1410. The summed E-state index contributed by atoms with van der Waals surface area (Å²) in [6, 6.07) is 22.4. The molecule has 2 N–H and O–H groups in total. The number of carbonyl (C=O) groups excluding carboxylic acids is 1. The third-order valence-corrected chi connectivity index (χ3v) is 5.94. The topological polar surface area (TPSA) is 75.6 Å². The van der Waals surface area contributed by atoms with E-state index in [0.717, 1.165) is 38.9 Å². The molecule has 5 aromatic rings. The van der Waals surface area contributed by atoms with E-state index in [0.29, 0.717) is 25.9 Å².